The van der Waals surface area contributed by atoms with Gasteiger partial charge in [0, 0.05) is 38.8 Å². The highest BCUT2D eigenvalue weighted by atomic mass is 32.2. The first-order chi connectivity index (χ1) is 12.4. The van der Waals surface area contributed by atoms with Gasteiger partial charge in [-0.25, -0.2) is 13.1 Å². The highest BCUT2D eigenvalue weighted by Crippen LogP contribution is 2.27. The number of carbonyl (C=O) groups is 1. The number of β-amino-alcohol motifs (C(OH)–C–C–N with tert-alkyl or cyclic N) is 1. The van der Waals surface area contributed by atoms with Gasteiger partial charge < -0.3 is 10.4 Å². The van der Waals surface area contributed by atoms with Crippen molar-refractivity contribution in [3.05, 3.63) is 11.8 Å². The second-order valence-corrected chi connectivity index (χ2v) is 9.29. The normalized spacial score (nSPS) is 24.0. The van der Waals surface area contributed by atoms with Gasteiger partial charge in [0.05, 0.1) is 36.4 Å². The van der Waals surface area contributed by atoms with Gasteiger partial charge in [-0.1, -0.05) is 0 Å². The second kappa shape index (κ2) is 8.03. The number of amides is 1. The van der Waals surface area contributed by atoms with Gasteiger partial charge in [0.2, 0.25) is 5.91 Å². The number of nitrogens with zero attached hydrogens (tertiary/aromatic N) is 4. The molecule has 0 saturated carbocycles. The Bertz CT molecular complexity index is 740. The largest absolute Gasteiger partial charge is 0.395 e. The quantitative estimate of drug-likeness (QED) is 0.653. The van der Waals surface area contributed by atoms with Crippen LogP contribution in [0.1, 0.15) is 18.2 Å². The van der Waals surface area contributed by atoms with Gasteiger partial charge >= 0.3 is 0 Å². The molecule has 1 aromatic heterocycles. The number of nitrogens with one attached hydrogen (secondary N) is 1. The maximum Gasteiger partial charge on any atom is 0.239 e. The SMILES string of the molecule is Cc1cc(NC(=O)CN2CCN(CCO)CC2)n(C2CCS(=O)(=O)C2)n1. The molecule has 3 heterocycles. The maximum atomic E-state index is 12.4. The first-order valence-corrected chi connectivity index (χ1v) is 10.8. The summed E-state index contributed by atoms with van der Waals surface area (Å²) in [6, 6.07) is 1.56. The van der Waals surface area contributed by atoms with Crippen molar-refractivity contribution in [1.82, 2.24) is 19.6 Å². The summed E-state index contributed by atoms with van der Waals surface area (Å²) in [5.74, 6) is 0.683. The molecule has 26 heavy (non-hydrogen) atoms. The van der Waals surface area contributed by atoms with Crippen LogP contribution in [0.25, 0.3) is 0 Å². The Morgan fingerprint density at radius 3 is 2.62 bits per heavy atom. The molecule has 0 radical (unpaired) electrons. The van der Waals surface area contributed by atoms with E-state index in [4.69, 9.17) is 5.11 Å². The van der Waals surface area contributed by atoms with Crippen molar-refractivity contribution in [1.29, 1.82) is 0 Å². The molecule has 1 unspecified atom stereocenters. The van der Waals surface area contributed by atoms with E-state index >= 15 is 0 Å². The van der Waals surface area contributed by atoms with Crippen LogP contribution in [0.15, 0.2) is 6.07 Å². The van der Waals surface area contributed by atoms with Gasteiger partial charge in [-0.2, -0.15) is 5.10 Å². The van der Waals surface area contributed by atoms with Crippen molar-refractivity contribution in [2.45, 2.75) is 19.4 Å². The minimum Gasteiger partial charge on any atom is -0.395 e. The van der Waals surface area contributed by atoms with E-state index in [2.05, 4.69) is 20.2 Å². The van der Waals surface area contributed by atoms with Gasteiger partial charge in [-0.15, -0.1) is 0 Å². The number of aliphatic hydroxyl groups is 1. The molecule has 1 aromatic rings. The Morgan fingerprint density at radius 1 is 1.31 bits per heavy atom. The minimum atomic E-state index is -3.02. The van der Waals surface area contributed by atoms with Crippen LogP contribution in [-0.4, -0.2) is 96.4 Å². The Morgan fingerprint density at radius 2 is 2.00 bits per heavy atom. The summed E-state index contributed by atoms with van der Waals surface area (Å²) in [7, 11) is -3.02. The third-order valence-electron chi connectivity index (χ3n) is 4.93. The molecule has 3 rings (SSSR count). The summed E-state index contributed by atoms with van der Waals surface area (Å²) in [4.78, 5) is 16.7. The fourth-order valence-corrected chi connectivity index (χ4v) is 5.25. The van der Waals surface area contributed by atoms with Crippen molar-refractivity contribution >= 4 is 21.6 Å². The van der Waals surface area contributed by atoms with Crippen LogP contribution in [0.2, 0.25) is 0 Å². The van der Waals surface area contributed by atoms with Gasteiger partial charge in [0.25, 0.3) is 0 Å². The molecule has 1 amide bonds. The lowest BCUT2D eigenvalue weighted by atomic mass is 10.3. The molecule has 2 saturated heterocycles. The highest BCUT2D eigenvalue weighted by Gasteiger charge is 2.31. The Labute approximate surface area is 153 Å². The van der Waals surface area contributed by atoms with Crippen LogP contribution in [0.3, 0.4) is 0 Å². The van der Waals surface area contributed by atoms with Crippen LogP contribution in [-0.2, 0) is 14.6 Å². The van der Waals surface area contributed by atoms with Crippen LogP contribution < -0.4 is 5.32 Å². The Balaban J connectivity index is 1.57. The number of aliphatic hydroxyl groups excluding tert-OH is 1. The van der Waals surface area contributed by atoms with Crippen LogP contribution >= 0.6 is 0 Å². The van der Waals surface area contributed by atoms with Gasteiger partial charge in [-0.3, -0.25) is 14.6 Å². The van der Waals surface area contributed by atoms with E-state index in [1.165, 1.54) is 0 Å². The van der Waals surface area contributed by atoms with E-state index in [1.807, 2.05) is 6.92 Å². The predicted molar refractivity (Wildman–Crippen MR) is 97.9 cm³/mol. The smallest absolute Gasteiger partial charge is 0.239 e. The van der Waals surface area contributed by atoms with Gasteiger partial charge in [-0.05, 0) is 13.3 Å². The molecule has 2 fully saturated rings. The molecule has 2 N–H and O–H groups in total. The molecule has 2 aliphatic heterocycles. The van der Waals surface area contributed by atoms with Gasteiger partial charge in [0.1, 0.15) is 5.82 Å². The van der Waals surface area contributed by atoms with Crippen LogP contribution in [0.4, 0.5) is 5.82 Å². The van der Waals surface area contributed by atoms with E-state index in [0.717, 1.165) is 31.9 Å². The lowest BCUT2D eigenvalue weighted by Gasteiger charge is -2.33. The minimum absolute atomic E-state index is 0.0732. The Hall–Kier alpha value is -1.49. The van der Waals surface area contributed by atoms with Crippen molar-refractivity contribution in [2.75, 3.05) is 62.7 Å². The summed E-state index contributed by atoms with van der Waals surface area (Å²) in [5, 5.41) is 16.3. The Kier molecular flexibility index (Phi) is 5.96. The average molecular weight is 385 g/mol. The zero-order valence-corrected chi connectivity index (χ0v) is 15.9. The second-order valence-electron chi connectivity index (χ2n) is 7.06. The number of hydrogen-bond donors (Lipinski definition) is 2. The average Bonchev–Trinajstić information content (AvgIpc) is 3.11. The first kappa shape index (κ1) is 19.3. The molecule has 9 nitrogen and oxygen atoms in total. The molecule has 1 atom stereocenters. The number of aromatic nitrogens is 2. The standard InChI is InChI=1S/C16H27N5O4S/c1-13-10-15(21(18-13)14-2-9-26(24,25)12-14)17-16(23)11-20-5-3-19(4-6-20)7-8-22/h10,14,22H,2-9,11-12H2,1H3,(H,17,23). The van der Waals surface area contributed by atoms with Crippen molar-refractivity contribution in [3.63, 3.8) is 0 Å². The molecule has 2 aliphatic rings. The number of sulfone groups is 1. The topological polar surface area (TPSA) is 108 Å². The summed E-state index contributed by atoms with van der Waals surface area (Å²) in [6.07, 6.45) is 0.527. The molecule has 0 aliphatic carbocycles. The zero-order valence-electron chi connectivity index (χ0n) is 15.1. The fourth-order valence-electron chi connectivity index (χ4n) is 3.55. The summed E-state index contributed by atoms with van der Waals surface area (Å²) in [6.45, 7) is 6.19. The van der Waals surface area contributed by atoms with Crippen LogP contribution in [0.5, 0.6) is 0 Å². The lowest BCUT2D eigenvalue weighted by Crippen LogP contribution is -2.49. The third-order valence-corrected chi connectivity index (χ3v) is 6.68. The fraction of sp³-hybridized carbons (Fsp3) is 0.750. The molecular formula is C16H27N5O4S. The summed E-state index contributed by atoms with van der Waals surface area (Å²) >= 11 is 0. The van der Waals surface area contributed by atoms with Crippen molar-refractivity contribution in [2.24, 2.45) is 0 Å². The van der Waals surface area contributed by atoms with E-state index in [-0.39, 0.29) is 30.1 Å². The summed E-state index contributed by atoms with van der Waals surface area (Å²) in [5.41, 5.74) is 0.752. The van der Waals surface area contributed by atoms with E-state index in [9.17, 15) is 13.2 Å². The molecule has 0 bridgehead atoms. The van der Waals surface area contributed by atoms with Crippen LogP contribution in [0, 0.1) is 6.92 Å². The third kappa shape index (κ3) is 4.81. The van der Waals surface area contributed by atoms with Gasteiger partial charge in [0.15, 0.2) is 9.84 Å². The van der Waals surface area contributed by atoms with Crippen molar-refractivity contribution in [3.8, 4) is 0 Å². The molecule has 0 spiro atoms. The van der Waals surface area contributed by atoms with E-state index in [1.54, 1.807) is 10.7 Å². The zero-order chi connectivity index (χ0) is 18.7. The number of rotatable bonds is 6. The molecule has 146 valence electrons. The van der Waals surface area contributed by atoms with Crippen molar-refractivity contribution < 1.29 is 18.3 Å². The monoisotopic (exact) mass is 385 g/mol. The number of aryl methyl sites for hydroxylation is 1. The molecule has 0 aromatic carbocycles. The molecular weight excluding hydrogens is 358 g/mol. The molecule has 10 heteroatoms. The number of piperazine rings is 1. The number of carbonyl (C=O) groups excluding carboxylic acids is 1. The number of hydrogen-bond acceptors (Lipinski definition) is 7. The highest BCUT2D eigenvalue weighted by molar-refractivity contribution is 7.91. The van der Waals surface area contributed by atoms with E-state index in [0.29, 0.717) is 25.3 Å². The van der Waals surface area contributed by atoms with E-state index < -0.39 is 9.84 Å². The lowest BCUT2D eigenvalue weighted by molar-refractivity contribution is -0.117. The predicted octanol–water partition coefficient (Wildman–Crippen LogP) is -0.900. The first-order valence-electron chi connectivity index (χ1n) is 8.98. The summed E-state index contributed by atoms with van der Waals surface area (Å²) < 4.78 is 25.1. The maximum absolute atomic E-state index is 12.4. The number of anilines is 1.